The lowest BCUT2D eigenvalue weighted by Crippen LogP contribution is -2.31. The quantitative estimate of drug-likeness (QED) is 0.894. The van der Waals surface area contributed by atoms with Crippen LogP contribution in [0, 0.1) is 5.92 Å². The zero-order chi connectivity index (χ0) is 16.0. The highest BCUT2D eigenvalue weighted by atomic mass is 16.1. The molecular weight excluding hydrogens is 250 g/mol. The van der Waals surface area contributed by atoms with Crippen molar-refractivity contribution in [3.8, 4) is 0 Å². The smallest absolute Gasteiger partial charge is 0.216 e. The van der Waals surface area contributed by atoms with Gasteiger partial charge in [-0.05, 0) is 18.9 Å². The van der Waals surface area contributed by atoms with Gasteiger partial charge in [-0.2, -0.15) is 0 Å². The largest absolute Gasteiger partial charge is 0.356 e. The van der Waals surface area contributed by atoms with Crippen LogP contribution in [0.15, 0.2) is 30.3 Å². The molecule has 0 aliphatic rings. The molecule has 114 valence electrons. The lowest BCUT2D eigenvalue weighted by Gasteiger charge is -2.13. The van der Waals surface area contributed by atoms with Crippen molar-refractivity contribution < 1.29 is 9.59 Å². The Morgan fingerprint density at radius 1 is 1.00 bits per heavy atom. The number of nitrogens with one attached hydrogen (secondary N) is 1. The average molecular weight is 279 g/mol. The van der Waals surface area contributed by atoms with Gasteiger partial charge in [0, 0.05) is 19.4 Å². The number of ketones is 1. The van der Waals surface area contributed by atoms with E-state index < -0.39 is 0 Å². The van der Waals surface area contributed by atoms with Gasteiger partial charge in [0.1, 0.15) is 5.78 Å². The van der Waals surface area contributed by atoms with E-state index in [9.17, 15) is 9.59 Å². The minimum Gasteiger partial charge on any atom is -0.356 e. The van der Waals surface area contributed by atoms with E-state index in [-0.39, 0.29) is 17.6 Å². The fourth-order valence-electron chi connectivity index (χ4n) is 1.53. The maximum atomic E-state index is 11.4. The summed E-state index contributed by atoms with van der Waals surface area (Å²) in [5.74, 6) is -0.122. The number of hydrogen-bond acceptors (Lipinski definition) is 2. The van der Waals surface area contributed by atoms with Gasteiger partial charge in [-0.3, -0.25) is 9.59 Å². The van der Waals surface area contributed by atoms with E-state index in [1.165, 1.54) is 6.92 Å². The summed E-state index contributed by atoms with van der Waals surface area (Å²) in [6.07, 6.45) is 0.677. The first-order valence-electron chi connectivity index (χ1n) is 7.38. The lowest BCUT2D eigenvalue weighted by molar-refractivity contribution is -0.121. The molecule has 0 aliphatic heterocycles. The van der Waals surface area contributed by atoms with Crippen LogP contribution in [0.3, 0.4) is 0 Å². The van der Waals surface area contributed by atoms with Crippen molar-refractivity contribution in [1.82, 2.24) is 5.32 Å². The molecule has 0 saturated carbocycles. The summed E-state index contributed by atoms with van der Waals surface area (Å²) in [5, 5.41) is 2.69. The number of Topliss-reactive ketones (excluding diaryl/α,β-unsaturated/α-hetero) is 1. The number of amides is 1. The number of carbonyl (C=O) groups excluding carboxylic acids is 2. The number of hydrogen-bond donors (Lipinski definition) is 1. The van der Waals surface area contributed by atoms with Gasteiger partial charge in [0.15, 0.2) is 0 Å². The maximum absolute atomic E-state index is 11.4. The van der Waals surface area contributed by atoms with Crippen LogP contribution in [-0.2, 0) is 16.0 Å². The van der Waals surface area contributed by atoms with Crippen LogP contribution in [-0.4, -0.2) is 18.2 Å². The van der Waals surface area contributed by atoms with Crippen molar-refractivity contribution in [3.05, 3.63) is 35.9 Å². The normalized spacial score (nSPS) is 10.1. The van der Waals surface area contributed by atoms with Crippen molar-refractivity contribution in [3.63, 3.8) is 0 Å². The Hall–Kier alpha value is -1.64. The summed E-state index contributed by atoms with van der Waals surface area (Å²) in [4.78, 5) is 22.2. The Morgan fingerprint density at radius 2 is 1.50 bits per heavy atom. The van der Waals surface area contributed by atoms with Crippen LogP contribution >= 0.6 is 0 Å². The van der Waals surface area contributed by atoms with Crippen molar-refractivity contribution in [1.29, 1.82) is 0 Å². The van der Waals surface area contributed by atoms with Crippen molar-refractivity contribution in [2.45, 2.75) is 48.0 Å². The van der Waals surface area contributed by atoms with Crippen LogP contribution in [0.25, 0.3) is 0 Å². The summed E-state index contributed by atoms with van der Waals surface area (Å²) < 4.78 is 0. The number of benzene rings is 1. The van der Waals surface area contributed by atoms with Crippen molar-refractivity contribution >= 4 is 11.7 Å². The first-order chi connectivity index (χ1) is 9.59. The summed E-state index contributed by atoms with van der Waals surface area (Å²) in [6, 6.07) is 9.82. The molecule has 3 heteroatoms. The molecule has 0 unspecified atom stereocenters. The average Bonchev–Trinajstić information content (AvgIpc) is 2.48. The summed E-state index contributed by atoms with van der Waals surface area (Å²) in [5.41, 5.74) is 1.12. The van der Waals surface area contributed by atoms with E-state index in [0.29, 0.717) is 13.0 Å². The van der Waals surface area contributed by atoms with Crippen LogP contribution in [0.5, 0.6) is 0 Å². The fraction of sp³-hybridized carbons (Fsp3) is 0.529. The van der Waals surface area contributed by atoms with E-state index in [0.717, 1.165) is 5.56 Å². The molecule has 0 spiro atoms. The molecule has 0 radical (unpaired) electrons. The molecule has 0 bridgehead atoms. The third-order valence-electron chi connectivity index (χ3n) is 2.50. The molecule has 1 atom stereocenters. The van der Waals surface area contributed by atoms with Gasteiger partial charge in [0.25, 0.3) is 0 Å². The monoisotopic (exact) mass is 279 g/mol. The van der Waals surface area contributed by atoms with Gasteiger partial charge in [0.2, 0.25) is 5.91 Å². The molecule has 1 N–H and O–H groups in total. The van der Waals surface area contributed by atoms with Crippen molar-refractivity contribution in [2.75, 3.05) is 6.54 Å². The Labute approximate surface area is 123 Å². The van der Waals surface area contributed by atoms with Crippen LogP contribution in [0.1, 0.15) is 47.1 Å². The number of rotatable bonds is 5. The Balaban J connectivity index is 0. The summed E-state index contributed by atoms with van der Waals surface area (Å²) in [7, 11) is 0. The fourth-order valence-corrected chi connectivity index (χ4v) is 1.53. The molecule has 0 aromatic heterocycles. The molecular formula is C17H29NO2. The molecule has 3 nitrogen and oxygen atoms in total. The molecule has 0 aliphatic carbocycles. The molecule has 20 heavy (non-hydrogen) atoms. The highest BCUT2D eigenvalue weighted by Gasteiger charge is 2.14. The molecule has 0 heterocycles. The molecule has 1 rings (SSSR count). The summed E-state index contributed by atoms with van der Waals surface area (Å²) in [6.45, 7) is 11.4. The Bertz CT molecular complexity index is 361. The molecule has 0 fully saturated rings. The topological polar surface area (TPSA) is 46.2 Å². The van der Waals surface area contributed by atoms with Gasteiger partial charge < -0.3 is 5.32 Å². The SMILES string of the molecule is CC.CC.CC(=O)NC[C@@H](Cc1ccccc1)C(C)=O. The minimum atomic E-state index is -0.133. The van der Waals surface area contributed by atoms with Gasteiger partial charge >= 0.3 is 0 Å². The first kappa shape index (κ1) is 20.7. The molecule has 1 amide bonds. The van der Waals surface area contributed by atoms with E-state index >= 15 is 0 Å². The zero-order valence-electron chi connectivity index (χ0n) is 13.7. The predicted molar refractivity (Wildman–Crippen MR) is 85.7 cm³/mol. The molecule has 1 aromatic carbocycles. The van der Waals surface area contributed by atoms with E-state index in [1.54, 1.807) is 6.92 Å². The minimum absolute atomic E-state index is 0.0979. The molecule has 1 aromatic rings. The second kappa shape index (κ2) is 13.8. The van der Waals surface area contributed by atoms with E-state index in [2.05, 4.69) is 5.32 Å². The van der Waals surface area contributed by atoms with Gasteiger partial charge in [-0.25, -0.2) is 0 Å². The lowest BCUT2D eigenvalue weighted by atomic mass is 9.96. The third kappa shape index (κ3) is 10.3. The second-order valence-electron chi connectivity index (χ2n) is 3.93. The third-order valence-corrected chi connectivity index (χ3v) is 2.50. The number of carbonyl (C=O) groups is 2. The Morgan fingerprint density at radius 3 is 1.90 bits per heavy atom. The first-order valence-corrected chi connectivity index (χ1v) is 7.38. The molecule has 0 saturated heterocycles. The van der Waals surface area contributed by atoms with Gasteiger partial charge in [-0.1, -0.05) is 58.0 Å². The van der Waals surface area contributed by atoms with Crippen LogP contribution in [0.2, 0.25) is 0 Å². The zero-order valence-corrected chi connectivity index (χ0v) is 13.7. The highest BCUT2D eigenvalue weighted by Crippen LogP contribution is 2.09. The van der Waals surface area contributed by atoms with Gasteiger partial charge in [0.05, 0.1) is 0 Å². The van der Waals surface area contributed by atoms with E-state index in [1.807, 2.05) is 58.0 Å². The predicted octanol–water partition coefficient (Wildman–Crippen LogP) is 3.62. The second-order valence-corrected chi connectivity index (χ2v) is 3.93. The van der Waals surface area contributed by atoms with Crippen molar-refractivity contribution in [2.24, 2.45) is 5.92 Å². The highest BCUT2D eigenvalue weighted by molar-refractivity contribution is 5.80. The van der Waals surface area contributed by atoms with Crippen LogP contribution < -0.4 is 5.32 Å². The Kier molecular flexibility index (Phi) is 14.2. The van der Waals surface area contributed by atoms with Crippen LogP contribution in [0.4, 0.5) is 0 Å². The van der Waals surface area contributed by atoms with Gasteiger partial charge in [-0.15, -0.1) is 0 Å². The maximum Gasteiger partial charge on any atom is 0.216 e. The standard InChI is InChI=1S/C13H17NO2.2C2H6/c1-10(15)13(9-14-11(2)16)8-12-6-4-3-5-7-12;2*1-2/h3-7,13H,8-9H2,1-2H3,(H,14,16);2*1-2H3/t13-;;/m1../s1. The van der Waals surface area contributed by atoms with E-state index in [4.69, 9.17) is 0 Å². The summed E-state index contributed by atoms with van der Waals surface area (Å²) >= 11 is 0.